The molecule has 1 aliphatic heterocycles. The Morgan fingerprint density at radius 2 is 2.05 bits per heavy atom. The SMILES string of the molecule is CCCNc1ccccc1S(=O)(=O)N1CCCCC1C. The zero-order chi connectivity index (χ0) is 14.6. The molecule has 1 aliphatic rings. The number of rotatable bonds is 5. The van der Waals surface area contributed by atoms with Gasteiger partial charge in [-0.3, -0.25) is 0 Å². The van der Waals surface area contributed by atoms with Crippen molar-refractivity contribution in [3.05, 3.63) is 24.3 Å². The second kappa shape index (κ2) is 6.59. The maximum absolute atomic E-state index is 12.9. The van der Waals surface area contributed by atoms with E-state index in [1.54, 1.807) is 16.4 Å². The smallest absolute Gasteiger partial charge is 0.245 e. The van der Waals surface area contributed by atoms with Gasteiger partial charge in [-0.15, -0.1) is 0 Å². The Balaban J connectivity index is 2.33. The number of anilines is 1. The van der Waals surface area contributed by atoms with Crippen LogP contribution in [0.1, 0.15) is 39.5 Å². The largest absolute Gasteiger partial charge is 0.384 e. The lowest BCUT2D eigenvalue weighted by molar-refractivity contribution is 0.269. The maximum Gasteiger partial charge on any atom is 0.245 e. The van der Waals surface area contributed by atoms with Crippen molar-refractivity contribution in [2.75, 3.05) is 18.4 Å². The van der Waals surface area contributed by atoms with E-state index < -0.39 is 10.0 Å². The summed E-state index contributed by atoms with van der Waals surface area (Å²) in [5.41, 5.74) is 0.715. The third-order valence-electron chi connectivity index (χ3n) is 3.78. The van der Waals surface area contributed by atoms with Crippen LogP contribution in [0.4, 0.5) is 5.69 Å². The summed E-state index contributed by atoms with van der Waals surface area (Å²) in [5.74, 6) is 0. The lowest BCUT2D eigenvalue weighted by Crippen LogP contribution is -2.42. The van der Waals surface area contributed by atoms with Crippen molar-refractivity contribution in [2.45, 2.75) is 50.5 Å². The Labute approximate surface area is 122 Å². The fraction of sp³-hybridized carbons (Fsp3) is 0.600. The van der Waals surface area contributed by atoms with Gasteiger partial charge >= 0.3 is 0 Å². The number of nitrogens with one attached hydrogen (secondary N) is 1. The minimum Gasteiger partial charge on any atom is -0.384 e. The molecule has 2 rings (SSSR count). The molecule has 1 aromatic rings. The summed E-state index contributed by atoms with van der Waals surface area (Å²) in [4.78, 5) is 0.405. The first kappa shape index (κ1) is 15.3. The molecule has 0 aliphatic carbocycles. The minimum atomic E-state index is -3.40. The summed E-state index contributed by atoms with van der Waals surface area (Å²) >= 11 is 0. The molecule has 0 spiro atoms. The van der Waals surface area contributed by atoms with E-state index in [1.165, 1.54) is 0 Å². The fourth-order valence-corrected chi connectivity index (χ4v) is 4.52. The zero-order valence-corrected chi connectivity index (χ0v) is 13.1. The monoisotopic (exact) mass is 296 g/mol. The first-order valence-corrected chi connectivity index (χ1v) is 8.86. The van der Waals surface area contributed by atoms with E-state index in [2.05, 4.69) is 12.2 Å². The van der Waals surface area contributed by atoms with E-state index in [0.29, 0.717) is 17.1 Å². The standard InChI is InChI=1S/C15H24N2O2S/c1-3-11-16-14-9-4-5-10-15(14)20(18,19)17-12-7-6-8-13(17)2/h4-5,9-10,13,16H,3,6-8,11-12H2,1-2H3. The molecular weight excluding hydrogens is 272 g/mol. The van der Waals surface area contributed by atoms with Crippen molar-refractivity contribution in [1.29, 1.82) is 0 Å². The van der Waals surface area contributed by atoms with Crippen LogP contribution in [0.2, 0.25) is 0 Å². The molecule has 1 heterocycles. The van der Waals surface area contributed by atoms with Crippen LogP contribution in [0.25, 0.3) is 0 Å². The van der Waals surface area contributed by atoms with Crippen LogP contribution in [0.3, 0.4) is 0 Å². The van der Waals surface area contributed by atoms with Crippen LogP contribution in [-0.2, 0) is 10.0 Å². The van der Waals surface area contributed by atoms with Crippen molar-refractivity contribution in [3.8, 4) is 0 Å². The highest BCUT2D eigenvalue weighted by Crippen LogP contribution is 2.29. The van der Waals surface area contributed by atoms with Gasteiger partial charge in [0.1, 0.15) is 4.90 Å². The minimum absolute atomic E-state index is 0.0907. The Morgan fingerprint density at radius 1 is 1.30 bits per heavy atom. The van der Waals surface area contributed by atoms with Gasteiger partial charge in [0.05, 0.1) is 5.69 Å². The second-order valence-electron chi connectivity index (χ2n) is 5.38. The van der Waals surface area contributed by atoms with E-state index in [1.807, 2.05) is 19.1 Å². The highest BCUT2D eigenvalue weighted by Gasteiger charge is 2.32. The third-order valence-corrected chi connectivity index (χ3v) is 5.85. The average molecular weight is 296 g/mol. The summed E-state index contributed by atoms with van der Waals surface area (Å²) in [6.07, 6.45) is 3.98. The molecule has 1 N–H and O–H groups in total. The van der Waals surface area contributed by atoms with Crippen LogP contribution >= 0.6 is 0 Å². The van der Waals surface area contributed by atoms with Gasteiger partial charge in [0, 0.05) is 19.1 Å². The molecule has 1 atom stereocenters. The van der Waals surface area contributed by atoms with Gasteiger partial charge in [0.2, 0.25) is 10.0 Å². The molecule has 0 aromatic heterocycles. The number of hydrogen-bond acceptors (Lipinski definition) is 3. The Kier molecular flexibility index (Phi) is 5.05. The van der Waals surface area contributed by atoms with Crippen LogP contribution in [-0.4, -0.2) is 31.9 Å². The normalized spacial score (nSPS) is 20.8. The summed E-state index contributed by atoms with van der Waals surface area (Å²) in [5, 5.41) is 3.22. The van der Waals surface area contributed by atoms with Gasteiger partial charge < -0.3 is 5.32 Å². The van der Waals surface area contributed by atoms with Crippen molar-refractivity contribution >= 4 is 15.7 Å². The number of benzene rings is 1. The van der Waals surface area contributed by atoms with Crippen LogP contribution < -0.4 is 5.32 Å². The number of piperidine rings is 1. The maximum atomic E-state index is 12.9. The predicted octanol–water partition coefficient (Wildman–Crippen LogP) is 3.07. The highest BCUT2D eigenvalue weighted by molar-refractivity contribution is 7.89. The lowest BCUT2D eigenvalue weighted by Gasteiger charge is -2.32. The average Bonchev–Trinajstić information content (AvgIpc) is 2.45. The number of hydrogen-bond donors (Lipinski definition) is 1. The zero-order valence-electron chi connectivity index (χ0n) is 12.3. The summed E-state index contributed by atoms with van der Waals surface area (Å²) in [7, 11) is -3.40. The third kappa shape index (κ3) is 3.15. The molecule has 0 bridgehead atoms. The van der Waals surface area contributed by atoms with Crippen molar-refractivity contribution < 1.29 is 8.42 Å². The molecule has 1 fully saturated rings. The predicted molar refractivity (Wildman–Crippen MR) is 82.4 cm³/mol. The first-order chi connectivity index (χ1) is 9.57. The topological polar surface area (TPSA) is 49.4 Å². The molecule has 1 aromatic carbocycles. The molecule has 20 heavy (non-hydrogen) atoms. The molecule has 1 unspecified atom stereocenters. The van der Waals surface area contributed by atoms with E-state index in [9.17, 15) is 8.42 Å². The lowest BCUT2D eigenvalue weighted by atomic mass is 10.1. The van der Waals surface area contributed by atoms with E-state index in [0.717, 1.165) is 32.2 Å². The van der Waals surface area contributed by atoms with Gasteiger partial charge in [0.15, 0.2) is 0 Å². The first-order valence-electron chi connectivity index (χ1n) is 7.42. The van der Waals surface area contributed by atoms with Crippen molar-refractivity contribution in [3.63, 3.8) is 0 Å². The molecular formula is C15H24N2O2S. The number of para-hydroxylation sites is 1. The molecule has 0 amide bonds. The molecule has 1 saturated heterocycles. The summed E-state index contributed by atoms with van der Waals surface area (Å²) in [6.45, 7) is 5.48. The quantitative estimate of drug-likeness (QED) is 0.908. The fourth-order valence-electron chi connectivity index (χ4n) is 2.65. The summed E-state index contributed by atoms with van der Waals surface area (Å²) < 4.78 is 27.4. The number of sulfonamides is 1. The van der Waals surface area contributed by atoms with Crippen molar-refractivity contribution in [2.24, 2.45) is 0 Å². The van der Waals surface area contributed by atoms with Crippen LogP contribution in [0.15, 0.2) is 29.2 Å². The van der Waals surface area contributed by atoms with Gasteiger partial charge in [0.25, 0.3) is 0 Å². The Morgan fingerprint density at radius 3 is 2.75 bits per heavy atom. The molecule has 0 radical (unpaired) electrons. The van der Waals surface area contributed by atoms with Gasteiger partial charge in [-0.25, -0.2) is 8.42 Å². The van der Waals surface area contributed by atoms with Crippen molar-refractivity contribution in [1.82, 2.24) is 4.31 Å². The summed E-state index contributed by atoms with van der Waals surface area (Å²) in [6, 6.07) is 7.30. The second-order valence-corrected chi connectivity index (χ2v) is 7.24. The van der Waals surface area contributed by atoms with Gasteiger partial charge in [-0.05, 0) is 38.3 Å². The van der Waals surface area contributed by atoms with E-state index in [4.69, 9.17) is 0 Å². The molecule has 112 valence electrons. The van der Waals surface area contributed by atoms with Crippen LogP contribution in [0, 0.1) is 0 Å². The van der Waals surface area contributed by atoms with Crippen LogP contribution in [0.5, 0.6) is 0 Å². The molecule has 5 heteroatoms. The van der Waals surface area contributed by atoms with Gasteiger partial charge in [-0.2, -0.15) is 4.31 Å². The highest BCUT2D eigenvalue weighted by atomic mass is 32.2. The molecule has 0 saturated carbocycles. The Hall–Kier alpha value is -1.07. The van der Waals surface area contributed by atoms with E-state index in [-0.39, 0.29) is 6.04 Å². The Bertz CT molecular complexity index is 543. The van der Waals surface area contributed by atoms with Gasteiger partial charge in [-0.1, -0.05) is 25.5 Å². The van der Waals surface area contributed by atoms with E-state index >= 15 is 0 Å². The number of nitrogens with zero attached hydrogens (tertiary/aromatic N) is 1. The molecule has 4 nitrogen and oxygen atoms in total.